The van der Waals surface area contributed by atoms with E-state index in [1.165, 1.54) is 18.2 Å². The largest absolute Gasteiger partial charge is 0.481 e. The lowest BCUT2D eigenvalue weighted by molar-refractivity contribution is -0.152. The highest BCUT2D eigenvalue weighted by Gasteiger charge is 2.37. The lowest BCUT2D eigenvalue weighted by Gasteiger charge is -2.30. The minimum absolute atomic E-state index is 0.000472. The summed E-state index contributed by atoms with van der Waals surface area (Å²) in [6.45, 7) is 7.54. The molecule has 4 aromatic rings. The Balaban J connectivity index is 0.000000489. The van der Waals surface area contributed by atoms with Crippen LogP contribution in [0.15, 0.2) is 63.6 Å². The van der Waals surface area contributed by atoms with Gasteiger partial charge in [-0.3, -0.25) is 9.59 Å². The zero-order valence-electron chi connectivity index (χ0n) is 26.0. The second-order valence-corrected chi connectivity index (χ2v) is 11.2. The van der Waals surface area contributed by atoms with Gasteiger partial charge in [-0.1, -0.05) is 60.0 Å². The molecule has 0 aliphatic rings. The molecule has 11 nitrogen and oxygen atoms in total. The molecule has 0 unspecified atom stereocenters. The van der Waals surface area contributed by atoms with E-state index in [0.717, 1.165) is 5.56 Å². The zero-order chi connectivity index (χ0) is 33.9. The number of aromatic carboxylic acids is 1. The fourth-order valence-corrected chi connectivity index (χ4v) is 4.67. The molecule has 13 heteroatoms. The van der Waals surface area contributed by atoms with Crippen LogP contribution >= 0.6 is 11.6 Å². The number of ether oxygens (including phenoxy) is 1. The third-order valence-electron chi connectivity index (χ3n) is 7.13. The van der Waals surface area contributed by atoms with Crippen LogP contribution in [0.25, 0.3) is 11.1 Å². The van der Waals surface area contributed by atoms with Crippen LogP contribution in [-0.2, 0) is 28.8 Å². The first-order valence-electron chi connectivity index (χ1n) is 14.7. The van der Waals surface area contributed by atoms with Crippen LogP contribution in [0, 0.1) is 11.2 Å². The van der Waals surface area contributed by atoms with Crippen LogP contribution in [0.4, 0.5) is 4.39 Å². The highest BCUT2D eigenvalue weighted by atomic mass is 35.5. The SMILES string of the molecule is CCOC[C@](C)(C[C@@H](Cc1ccc(-c2cc(Cl)ccc2F)cc1)NC(=O)c1cc(CC)no1)C(=O)O.CCc1cc(C(=O)O)on1. The molecule has 246 valence electrons. The molecule has 2 heterocycles. The third kappa shape index (κ3) is 9.98. The molecular weight excluding hydrogens is 621 g/mol. The summed E-state index contributed by atoms with van der Waals surface area (Å²) in [4.78, 5) is 35.2. The van der Waals surface area contributed by atoms with E-state index in [1.54, 1.807) is 38.1 Å². The fraction of sp³-hybridized carbons (Fsp3) is 0.364. The van der Waals surface area contributed by atoms with Gasteiger partial charge in [0.25, 0.3) is 5.91 Å². The van der Waals surface area contributed by atoms with E-state index in [9.17, 15) is 23.9 Å². The van der Waals surface area contributed by atoms with Crippen LogP contribution in [0.3, 0.4) is 0 Å². The quantitative estimate of drug-likeness (QED) is 0.136. The van der Waals surface area contributed by atoms with E-state index < -0.39 is 29.3 Å². The predicted molar refractivity (Wildman–Crippen MR) is 167 cm³/mol. The van der Waals surface area contributed by atoms with Crippen LogP contribution < -0.4 is 5.32 Å². The molecule has 0 aliphatic heterocycles. The number of nitrogens with zero attached hydrogens (tertiary/aromatic N) is 2. The van der Waals surface area contributed by atoms with Crippen molar-refractivity contribution < 1.29 is 42.8 Å². The highest BCUT2D eigenvalue weighted by Crippen LogP contribution is 2.29. The number of carboxylic acids is 2. The topological polar surface area (TPSA) is 165 Å². The first-order chi connectivity index (χ1) is 21.9. The second-order valence-electron chi connectivity index (χ2n) is 10.8. The smallest absolute Gasteiger partial charge is 0.374 e. The Labute approximate surface area is 270 Å². The highest BCUT2D eigenvalue weighted by molar-refractivity contribution is 6.30. The van der Waals surface area contributed by atoms with E-state index in [0.29, 0.717) is 53.4 Å². The molecule has 1 amide bonds. The van der Waals surface area contributed by atoms with Gasteiger partial charge in [0.15, 0.2) is 0 Å². The summed E-state index contributed by atoms with van der Waals surface area (Å²) in [6.07, 6.45) is 1.77. The molecule has 0 saturated heterocycles. The van der Waals surface area contributed by atoms with E-state index in [2.05, 4.69) is 20.2 Å². The maximum absolute atomic E-state index is 14.3. The number of benzene rings is 2. The van der Waals surface area contributed by atoms with Gasteiger partial charge in [0.1, 0.15) is 5.82 Å². The summed E-state index contributed by atoms with van der Waals surface area (Å²) in [5.41, 5.74) is 1.95. The zero-order valence-corrected chi connectivity index (χ0v) is 26.8. The van der Waals surface area contributed by atoms with Crippen LogP contribution in [-0.4, -0.2) is 57.6 Å². The van der Waals surface area contributed by atoms with E-state index in [4.69, 9.17) is 26.0 Å². The number of aryl methyl sites for hydroxylation is 2. The lowest BCUT2D eigenvalue weighted by atomic mass is 9.82. The Morgan fingerprint density at radius 3 is 2.09 bits per heavy atom. The van der Waals surface area contributed by atoms with Crippen molar-refractivity contribution in [2.24, 2.45) is 5.41 Å². The van der Waals surface area contributed by atoms with Crippen molar-refractivity contribution in [3.05, 3.63) is 93.9 Å². The van der Waals surface area contributed by atoms with E-state index in [-0.39, 0.29) is 30.4 Å². The minimum atomic E-state index is -1.23. The van der Waals surface area contributed by atoms with Crippen LogP contribution in [0.1, 0.15) is 72.2 Å². The summed E-state index contributed by atoms with van der Waals surface area (Å²) < 4.78 is 29.3. The number of amides is 1. The van der Waals surface area contributed by atoms with E-state index in [1.807, 2.05) is 26.0 Å². The fourth-order valence-electron chi connectivity index (χ4n) is 4.50. The van der Waals surface area contributed by atoms with Gasteiger partial charge >= 0.3 is 11.9 Å². The van der Waals surface area contributed by atoms with Gasteiger partial charge in [0.2, 0.25) is 11.5 Å². The Hall–Kier alpha value is -4.55. The summed E-state index contributed by atoms with van der Waals surface area (Å²) in [5.74, 6) is -3.00. The Bertz CT molecular complexity index is 1620. The van der Waals surface area contributed by atoms with Gasteiger partial charge in [-0.15, -0.1) is 0 Å². The molecule has 0 bridgehead atoms. The second kappa shape index (κ2) is 16.7. The van der Waals surface area contributed by atoms with Crippen molar-refractivity contribution in [1.29, 1.82) is 0 Å². The van der Waals surface area contributed by atoms with Crippen molar-refractivity contribution in [3.63, 3.8) is 0 Å². The Morgan fingerprint density at radius 2 is 1.57 bits per heavy atom. The molecule has 2 atom stereocenters. The average molecular weight is 658 g/mol. The third-order valence-corrected chi connectivity index (χ3v) is 7.36. The molecule has 2 aromatic heterocycles. The van der Waals surface area contributed by atoms with Crippen molar-refractivity contribution >= 4 is 29.4 Å². The van der Waals surface area contributed by atoms with Crippen LogP contribution in [0.2, 0.25) is 5.02 Å². The first-order valence-corrected chi connectivity index (χ1v) is 15.1. The number of halogens is 2. The van der Waals surface area contributed by atoms with Gasteiger partial charge in [-0.2, -0.15) is 0 Å². The molecule has 0 radical (unpaired) electrons. The number of carboxylic acid groups (broad SMARTS) is 2. The number of nitrogens with one attached hydrogen (secondary N) is 1. The van der Waals surface area contributed by atoms with Crippen LogP contribution in [0.5, 0.6) is 0 Å². The summed E-state index contributed by atoms with van der Waals surface area (Å²) in [7, 11) is 0. The summed E-state index contributed by atoms with van der Waals surface area (Å²) in [6, 6.07) is 14.0. The molecule has 0 saturated carbocycles. The van der Waals surface area contributed by atoms with Crippen molar-refractivity contribution in [1.82, 2.24) is 15.6 Å². The van der Waals surface area contributed by atoms with Crippen molar-refractivity contribution in [2.75, 3.05) is 13.2 Å². The summed E-state index contributed by atoms with van der Waals surface area (Å²) in [5, 5.41) is 28.9. The minimum Gasteiger partial charge on any atom is -0.481 e. The Morgan fingerprint density at radius 1 is 0.957 bits per heavy atom. The molecule has 0 spiro atoms. The van der Waals surface area contributed by atoms with Gasteiger partial charge in [0, 0.05) is 35.4 Å². The normalized spacial score (nSPS) is 12.8. The van der Waals surface area contributed by atoms with Crippen molar-refractivity contribution in [2.45, 2.75) is 59.4 Å². The molecular formula is C33H37ClFN3O8. The standard InChI is InChI=1S/C27H30ClFN2O5.C6H7NO3/c1-4-20-14-24(36-31-20)25(32)30-21(15-27(3,26(33)34)16-35-5-2)12-17-6-8-18(9-7-17)22-13-19(28)10-11-23(22)29;1-2-4-3-5(6(8)9)10-7-4/h6-11,13-14,21H,4-5,12,15-16H2,1-3H3,(H,30,32)(H,33,34);3H,2H2,1H3,(H,8,9)/t21-,27+;/m1./s1. The lowest BCUT2D eigenvalue weighted by Crippen LogP contribution is -2.44. The van der Waals surface area contributed by atoms with Gasteiger partial charge < -0.3 is 29.3 Å². The van der Waals surface area contributed by atoms with Crippen molar-refractivity contribution in [3.8, 4) is 11.1 Å². The average Bonchev–Trinajstić information content (AvgIpc) is 3.72. The Kier molecular flexibility index (Phi) is 13.0. The molecule has 2 aromatic carbocycles. The number of hydrogen-bond donors (Lipinski definition) is 3. The maximum Gasteiger partial charge on any atom is 0.374 e. The van der Waals surface area contributed by atoms with Gasteiger partial charge in [0.05, 0.1) is 23.4 Å². The predicted octanol–water partition coefficient (Wildman–Crippen LogP) is 6.49. The van der Waals surface area contributed by atoms with Gasteiger partial charge in [-0.05, 0) is 68.9 Å². The number of aliphatic carboxylic acids is 1. The van der Waals surface area contributed by atoms with E-state index >= 15 is 0 Å². The molecule has 0 fully saturated rings. The first kappa shape index (κ1) is 35.9. The van der Waals surface area contributed by atoms with Gasteiger partial charge in [-0.25, -0.2) is 9.18 Å². The molecule has 0 aliphatic carbocycles. The number of carbonyl (C=O) groups excluding carboxylic acids is 1. The number of carbonyl (C=O) groups is 3. The number of hydrogen-bond acceptors (Lipinski definition) is 8. The molecule has 3 N–H and O–H groups in total. The monoisotopic (exact) mass is 657 g/mol. The molecule has 46 heavy (non-hydrogen) atoms. The maximum atomic E-state index is 14.3. The summed E-state index contributed by atoms with van der Waals surface area (Å²) >= 11 is 6.02. The molecule has 4 rings (SSSR count). The number of rotatable bonds is 14. The number of aromatic nitrogens is 2.